The zero-order valence-corrected chi connectivity index (χ0v) is 15.1. The molecule has 11 nitrogen and oxygen atoms in total. The second-order valence-electron chi connectivity index (χ2n) is 5.57. The molecule has 1 atom stereocenters. The number of hydrogen-bond donors (Lipinski definition) is 4. The van der Waals surface area contributed by atoms with Crippen LogP contribution in [0, 0.1) is 0 Å². The van der Waals surface area contributed by atoms with Crippen molar-refractivity contribution in [3.63, 3.8) is 0 Å². The molecule has 0 fully saturated rings. The highest BCUT2D eigenvalue weighted by Crippen LogP contribution is 2.20. The molecule has 2 heterocycles. The number of rotatable bonds is 8. The Labute approximate surface area is 153 Å². The second kappa shape index (κ2) is 8.23. The molecule has 0 bridgehead atoms. The van der Waals surface area contributed by atoms with Gasteiger partial charge in [-0.3, -0.25) is 4.57 Å². The van der Waals surface area contributed by atoms with Crippen LogP contribution in [0.1, 0.15) is 11.1 Å². The number of nitrogen functional groups attached to an aromatic ring is 1. The molecule has 1 unspecified atom stereocenters. The molecule has 0 radical (unpaired) electrons. The molecular formula is C15H18N6O5P+. The van der Waals surface area contributed by atoms with Crippen LogP contribution in [0.25, 0.3) is 11.2 Å². The molecule has 0 spiro atoms. The summed E-state index contributed by atoms with van der Waals surface area (Å²) < 4.78 is 22.1. The van der Waals surface area contributed by atoms with Crippen molar-refractivity contribution in [3.05, 3.63) is 45.9 Å². The van der Waals surface area contributed by atoms with Gasteiger partial charge in [0.05, 0.1) is 6.54 Å². The average molecular weight is 393 g/mol. The summed E-state index contributed by atoms with van der Waals surface area (Å²) in [6.45, 7) is 0.684. The molecule has 12 heteroatoms. The molecule has 2 aromatic heterocycles. The summed E-state index contributed by atoms with van der Waals surface area (Å²) in [5.41, 5.74) is 13.0. The first-order valence-electron chi connectivity index (χ1n) is 7.93. The number of aromatic amines is 1. The third kappa shape index (κ3) is 4.47. The maximum absolute atomic E-state index is 12.3. The number of imidazole rings is 1. The predicted octanol–water partition coefficient (Wildman–Crippen LogP) is 0.254. The summed E-state index contributed by atoms with van der Waals surface area (Å²) in [5, 5.41) is 0. The molecule has 0 amide bonds. The molecule has 27 heavy (non-hydrogen) atoms. The number of nitrogens with two attached hydrogens (primary N) is 2. The first-order chi connectivity index (χ1) is 13.0. The lowest BCUT2D eigenvalue weighted by atomic mass is 10.1. The topological polar surface area (TPSA) is 171 Å². The van der Waals surface area contributed by atoms with E-state index in [1.54, 1.807) is 18.2 Å². The van der Waals surface area contributed by atoms with Crippen molar-refractivity contribution in [2.45, 2.75) is 13.2 Å². The molecule has 0 aliphatic carbocycles. The average Bonchev–Trinajstić information content (AvgIpc) is 2.95. The Kier molecular flexibility index (Phi) is 5.77. The Balaban J connectivity index is 1.93. The van der Waals surface area contributed by atoms with Gasteiger partial charge in [0, 0.05) is 11.1 Å². The Bertz CT molecular complexity index is 1030. The standard InChI is InChI=1S/C15H17N6O5P/c16-4-5-25-14-19-12(17)11-13(20-14)21(15(22)18-11)7-9-2-1-3-10(6-9)8-26-27(23)24/h1-3,6H,4-5,7-8,16H2,(H3-,17,18,19,20,22,23,24)/p+1. The van der Waals surface area contributed by atoms with Crippen LogP contribution < -0.4 is 21.9 Å². The molecule has 0 saturated heterocycles. The van der Waals surface area contributed by atoms with Crippen molar-refractivity contribution in [2.75, 3.05) is 18.9 Å². The third-order valence-electron chi connectivity index (χ3n) is 3.65. The summed E-state index contributed by atoms with van der Waals surface area (Å²) in [6, 6.07) is 7.12. The number of hydrogen-bond acceptors (Lipinski definition) is 8. The van der Waals surface area contributed by atoms with E-state index in [9.17, 15) is 9.36 Å². The zero-order valence-electron chi connectivity index (χ0n) is 14.2. The maximum Gasteiger partial charge on any atom is 0.695 e. The highest BCUT2D eigenvalue weighted by Gasteiger charge is 2.16. The monoisotopic (exact) mass is 393 g/mol. The highest BCUT2D eigenvalue weighted by molar-refractivity contribution is 7.32. The van der Waals surface area contributed by atoms with E-state index in [1.165, 1.54) is 4.57 Å². The highest BCUT2D eigenvalue weighted by atomic mass is 31.1. The summed E-state index contributed by atoms with van der Waals surface area (Å²) in [5.74, 6) is 0.0942. The van der Waals surface area contributed by atoms with Gasteiger partial charge in [-0.1, -0.05) is 24.3 Å². The van der Waals surface area contributed by atoms with Crippen LogP contribution in [0.3, 0.4) is 0 Å². The molecule has 3 rings (SSSR count). The van der Waals surface area contributed by atoms with Crippen LogP contribution in [-0.4, -0.2) is 37.6 Å². The van der Waals surface area contributed by atoms with Gasteiger partial charge in [0.2, 0.25) is 0 Å². The van der Waals surface area contributed by atoms with E-state index < -0.39 is 13.9 Å². The quantitative estimate of drug-likeness (QED) is 0.392. The summed E-state index contributed by atoms with van der Waals surface area (Å²) in [4.78, 5) is 32.0. The van der Waals surface area contributed by atoms with E-state index in [4.69, 9.17) is 25.6 Å². The SMILES string of the molecule is NCCOc1nc(N)c2[nH]c(=O)n(Cc3cccc(CO[P+](=O)O)c3)c2n1. The molecular weight excluding hydrogens is 375 g/mol. The molecule has 3 aromatic rings. The Morgan fingerprint density at radius 2 is 2.07 bits per heavy atom. The van der Waals surface area contributed by atoms with Gasteiger partial charge in [-0.2, -0.15) is 9.97 Å². The fourth-order valence-electron chi connectivity index (χ4n) is 2.52. The number of nitrogens with zero attached hydrogens (tertiary/aromatic N) is 3. The lowest BCUT2D eigenvalue weighted by Crippen LogP contribution is -2.18. The van der Waals surface area contributed by atoms with E-state index in [0.717, 1.165) is 5.56 Å². The summed E-state index contributed by atoms with van der Waals surface area (Å²) in [7, 11) is -2.68. The minimum atomic E-state index is -2.68. The van der Waals surface area contributed by atoms with Gasteiger partial charge in [-0.05, 0) is 11.1 Å². The minimum absolute atomic E-state index is 0.0193. The van der Waals surface area contributed by atoms with Gasteiger partial charge in [0.1, 0.15) is 18.7 Å². The van der Waals surface area contributed by atoms with Gasteiger partial charge in [0.25, 0.3) is 0 Å². The van der Waals surface area contributed by atoms with Crippen LogP contribution in [0.2, 0.25) is 0 Å². The van der Waals surface area contributed by atoms with Gasteiger partial charge < -0.3 is 21.2 Å². The fourth-order valence-corrected chi connectivity index (χ4v) is 2.78. The number of benzene rings is 1. The second-order valence-corrected chi connectivity index (χ2v) is 6.31. The number of fused-ring (bicyclic) bond motifs is 1. The Morgan fingerprint density at radius 1 is 1.30 bits per heavy atom. The first kappa shape index (κ1) is 18.9. The van der Waals surface area contributed by atoms with Crippen molar-refractivity contribution in [2.24, 2.45) is 5.73 Å². The molecule has 6 N–H and O–H groups in total. The van der Waals surface area contributed by atoms with Gasteiger partial charge in [0.15, 0.2) is 11.5 Å². The number of H-pyrrole nitrogens is 1. The van der Waals surface area contributed by atoms with Crippen LogP contribution >= 0.6 is 8.25 Å². The number of aromatic nitrogens is 4. The largest absolute Gasteiger partial charge is 0.695 e. The summed E-state index contributed by atoms with van der Waals surface area (Å²) in [6.07, 6.45) is 0. The van der Waals surface area contributed by atoms with Crippen molar-refractivity contribution in [1.82, 2.24) is 19.5 Å². The maximum atomic E-state index is 12.3. The first-order valence-corrected chi connectivity index (χ1v) is 9.06. The van der Waals surface area contributed by atoms with Crippen LogP contribution in [0.4, 0.5) is 5.82 Å². The van der Waals surface area contributed by atoms with Crippen molar-refractivity contribution >= 4 is 25.2 Å². The zero-order chi connectivity index (χ0) is 19.4. The molecule has 0 aliphatic rings. The van der Waals surface area contributed by atoms with E-state index in [-0.39, 0.29) is 38.1 Å². The molecule has 0 saturated carbocycles. The van der Waals surface area contributed by atoms with E-state index >= 15 is 0 Å². The van der Waals surface area contributed by atoms with Gasteiger partial charge in [-0.25, -0.2) is 4.79 Å². The van der Waals surface area contributed by atoms with E-state index in [0.29, 0.717) is 16.7 Å². The van der Waals surface area contributed by atoms with Crippen molar-refractivity contribution in [1.29, 1.82) is 0 Å². The predicted molar refractivity (Wildman–Crippen MR) is 97.3 cm³/mol. The fraction of sp³-hybridized carbons (Fsp3) is 0.267. The molecule has 0 aliphatic heterocycles. The van der Waals surface area contributed by atoms with E-state index in [2.05, 4.69) is 15.0 Å². The molecule has 142 valence electrons. The normalized spacial score (nSPS) is 11.7. The lowest BCUT2D eigenvalue weighted by molar-refractivity contribution is 0.272. The van der Waals surface area contributed by atoms with Gasteiger partial charge in [-0.15, -0.1) is 9.42 Å². The lowest BCUT2D eigenvalue weighted by Gasteiger charge is -2.07. The van der Waals surface area contributed by atoms with Crippen molar-refractivity contribution in [3.8, 4) is 6.01 Å². The minimum Gasteiger partial charge on any atom is -0.462 e. The van der Waals surface area contributed by atoms with Gasteiger partial charge >= 0.3 is 20.0 Å². The van der Waals surface area contributed by atoms with Crippen LogP contribution in [0.15, 0.2) is 29.1 Å². The third-order valence-corrected chi connectivity index (χ3v) is 4.00. The van der Waals surface area contributed by atoms with Crippen molar-refractivity contribution < 1.29 is 18.7 Å². The van der Waals surface area contributed by atoms with E-state index in [1.807, 2.05) is 6.07 Å². The number of ether oxygens (including phenoxy) is 1. The Hall–Kier alpha value is -2.85. The van der Waals surface area contributed by atoms with Crippen LogP contribution in [-0.2, 0) is 22.2 Å². The Morgan fingerprint density at radius 3 is 2.81 bits per heavy atom. The summed E-state index contributed by atoms with van der Waals surface area (Å²) >= 11 is 0. The smallest absolute Gasteiger partial charge is 0.462 e. The number of anilines is 1. The number of nitrogens with one attached hydrogen (secondary N) is 1. The van der Waals surface area contributed by atoms with Crippen LogP contribution in [0.5, 0.6) is 6.01 Å². The molecule has 1 aromatic carbocycles.